The van der Waals surface area contributed by atoms with Crippen LogP contribution in [-0.4, -0.2) is 20.5 Å². The predicted octanol–water partition coefficient (Wildman–Crippen LogP) is -0.417. The van der Waals surface area contributed by atoms with E-state index in [1.807, 2.05) is 12.1 Å². The van der Waals surface area contributed by atoms with Crippen molar-refractivity contribution in [3.63, 3.8) is 0 Å². The summed E-state index contributed by atoms with van der Waals surface area (Å²) in [7, 11) is 6.88. The second-order valence-electron chi connectivity index (χ2n) is 2.03. The zero-order valence-corrected chi connectivity index (χ0v) is 7.23. The van der Waals surface area contributed by atoms with Gasteiger partial charge in [-0.2, -0.15) is 0 Å². The van der Waals surface area contributed by atoms with Crippen LogP contribution in [0.1, 0.15) is 5.56 Å². The molecule has 0 amide bonds. The standard InChI is InChI=1S/C7H6Si2/c1-5-4-6(8)2-3-7(5)9/h2-4H,1H3. The Labute approximate surface area is 62.1 Å². The molecule has 1 aromatic carbocycles. The van der Waals surface area contributed by atoms with E-state index in [4.69, 9.17) is 0 Å². The molecule has 0 aliphatic carbocycles. The summed E-state index contributed by atoms with van der Waals surface area (Å²) >= 11 is 0. The van der Waals surface area contributed by atoms with Crippen molar-refractivity contribution in [2.24, 2.45) is 0 Å². The number of benzene rings is 1. The zero-order valence-electron chi connectivity index (χ0n) is 5.23. The van der Waals surface area contributed by atoms with E-state index in [2.05, 4.69) is 33.5 Å². The van der Waals surface area contributed by atoms with E-state index in [0.29, 0.717) is 0 Å². The molecular weight excluding hydrogens is 140 g/mol. The minimum atomic E-state index is 1.12. The Morgan fingerprint density at radius 2 is 1.89 bits per heavy atom. The Kier molecular flexibility index (Phi) is 1.88. The van der Waals surface area contributed by atoms with E-state index >= 15 is 0 Å². The Hall–Kier alpha value is -0.346. The van der Waals surface area contributed by atoms with Crippen LogP contribution in [0.2, 0.25) is 0 Å². The van der Waals surface area contributed by atoms with Crippen LogP contribution in [0.3, 0.4) is 0 Å². The fourth-order valence-electron chi connectivity index (χ4n) is 0.664. The average Bonchev–Trinajstić information content (AvgIpc) is 1.80. The van der Waals surface area contributed by atoms with Crippen molar-refractivity contribution < 1.29 is 0 Å². The molecule has 9 heavy (non-hydrogen) atoms. The first-order valence-electron chi connectivity index (χ1n) is 2.74. The van der Waals surface area contributed by atoms with Gasteiger partial charge >= 0.3 is 0 Å². The highest BCUT2D eigenvalue weighted by Gasteiger charge is 1.89. The smallest absolute Gasteiger partial charge is 0.0671 e. The van der Waals surface area contributed by atoms with Gasteiger partial charge in [-0.15, -0.1) is 0 Å². The third kappa shape index (κ3) is 1.53. The molecule has 6 radical (unpaired) electrons. The van der Waals surface area contributed by atoms with Crippen LogP contribution in [0.15, 0.2) is 18.2 Å². The van der Waals surface area contributed by atoms with Crippen LogP contribution in [0, 0.1) is 6.92 Å². The third-order valence-electron chi connectivity index (χ3n) is 1.23. The SMILES string of the molecule is Cc1cc([Si])ccc1[Si]. The molecule has 0 saturated carbocycles. The molecule has 0 fully saturated rings. The van der Waals surface area contributed by atoms with Gasteiger partial charge < -0.3 is 0 Å². The van der Waals surface area contributed by atoms with Gasteiger partial charge in [-0.1, -0.05) is 34.1 Å². The fourth-order valence-corrected chi connectivity index (χ4v) is 1.12. The van der Waals surface area contributed by atoms with Crippen LogP contribution < -0.4 is 10.4 Å². The lowest BCUT2D eigenvalue weighted by molar-refractivity contribution is 1.54. The van der Waals surface area contributed by atoms with Crippen molar-refractivity contribution in [3.8, 4) is 0 Å². The second kappa shape index (κ2) is 2.50. The van der Waals surface area contributed by atoms with Crippen molar-refractivity contribution in [1.82, 2.24) is 0 Å². The summed E-state index contributed by atoms with van der Waals surface area (Å²) in [4.78, 5) is 0. The van der Waals surface area contributed by atoms with E-state index in [-0.39, 0.29) is 0 Å². The molecular formula is C7H6Si2. The van der Waals surface area contributed by atoms with E-state index in [1.165, 1.54) is 5.56 Å². The molecule has 0 heterocycles. The van der Waals surface area contributed by atoms with Gasteiger partial charge in [0.25, 0.3) is 0 Å². The quantitative estimate of drug-likeness (QED) is 0.436. The molecule has 0 aromatic heterocycles. The number of hydrogen-bond acceptors (Lipinski definition) is 0. The van der Waals surface area contributed by atoms with E-state index in [1.54, 1.807) is 0 Å². The van der Waals surface area contributed by atoms with Gasteiger partial charge in [0.05, 0.1) is 20.5 Å². The molecule has 0 N–H and O–H groups in total. The molecule has 0 nitrogen and oxygen atoms in total. The van der Waals surface area contributed by atoms with Crippen LogP contribution in [0.25, 0.3) is 0 Å². The predicted molar refractivity (Wildman–Crippen MR) is 42.0 cm³/mol. The molecule has 0 atom stereocenters. The molecule has 0 unspecified atom stereocenters. The molecule has 0 aliphatic rings. The minimum Gasteiger partial charge on any atom is -0.0671 e. The lowest BCUT2D eigenvalue weighted by atomic mass is 10.2. The topological polar surface area (TPSA) is 0 Å². The normalized spacial score (nSPS) is 9.67. The largest absolute Gasteiger partial charge is 0.0715 e. The maximum atomic E-state index is 3.46. The van der Waals surface area contributed by atoms with Gasteiger partial charge in [0.2, 0.25) is 0 Å². The minimum absolute atomic E-state index is 1.12. The lowest BCUT2D eigenvalue weighted by Crippen LogP contribution is -2.12. The van der Waals surface area contributed by atoms with Gasteiger partial charge in [0, 0.05) is 0 Å². The number of rotatable bonds is 0. The first-order valence-corrected chi connectivity index (χ1v) is 3.74. The average molecular weight is 146 g/mol. The summed E-state index contributed by atoms with van der Waals surface area (Å²) in [5, 5.41) is 2.27. The monoisotopic (exact) mass is 146 g/mol. The second-order valence-corrected chi connectivity index (χ2v) is 3.15. The molecule has 0 saturated heterocycles. The van der Waals surface area contributed by atoms with E-state index in [0.717, 1.165) is 10.4 Å². The summed E-state index contributed by atoms with van der Waals surface area (Å²) in [6.45, 7) is 2.06. The maximum Gasteiger partial charge on any atom is 0.0715 e. The summed E-state index contributed by atoms with van der Waals surface area (Å²) in [6.07, 6.45) is 0. The summed E-state index contributed by atoms with van der Waals surface area (Å²) in [5.41, 5.74) is 1.25. The van der Waals surface area contributed by atoms with E-state index in [9.17, 15) is 0 Å². The third-order valence-corrected chi connectivity index (χ3v) is 2.10. The summed E-state index contributed by atoms with van der Waals surface area (Å²) in [5.74, 6) is 0. The molecule has 1 aromatic rings. The zero-order chi connectivity index (χ0) is 6.85. The van der Waals surface area contributed by atoms with Gasteiger partial charge in [0.1, 0.15) is 0 Å². The van der Waals surface area contributed by atoms with Crippen molar-refractivity contribution in [1.29, 1.82) is 0 Å². The molecule has 1 rings (SSSR count). The Morgan fingerprint density at radius 3 is 2.33 bits per heavy atom. The molecule has 0 aliphatic heterocycles. The Balaban J connectivity index is 3.17. The highest BCUT2D eigenvalue weighted by Crippen LogP contribution is 1.85. The van der Waals surface area contributed by atoms with Gasteiger partial charge in [-0.05, 0) is 6.92 Å². The van der Waals surface area contributed by atoms with Crippen LogP contribution >= 0.6 is 0 Å². The lowest BCUT2D eigenvalue weighted by Gasteiger charge is -1.98. The molecule has 0 spiro atoms. The van der Waals surface area contributed by atoms with Crippen LogP contribution in [0.5, 0.6) is 0 Å². The number of aryl methyl sites for hydroxylation is 1. The fraction of sp³-hybridized carbons (Fsp3) is 0.143. The summed E-state index contributed by atoms with van der Waals surface area (Å²) < 4.78 is 0. The van der Waals surface area contributed by atoms with Crippen molar-refractivity contribution in [2.75, 3.05) is 0 Å². The van der Waals surface area contributed by atoms with Crippen molar-refractivity contribution in [3.05, 3.63) is 23.8 Å². The maximum absolute atomic E-state index is 3.46. The van der Waals surface area contributed by atoms with Gasteiger partial charge in [-0.25, -0.2) is 0 Å². The van der Waals surface area contributed by atoms with Crippen molar-refractivity contribution in [2.45, 2.75) is 6.92 Å². The van der Waals surface area contributed by atoms with Crippen molar-refractivity contribution >= 4 is 30.9 Å². The highest BCUT2D eigenvalue weighted by molar-refractivity contribution is 6.36. The van der Waals surface area contributed by atoms with Gasteiger partial charge in [0.15, 0.2) is 0 Å². The van der Waals surface area contributed by atoms with Crippen LogP contribution in [-0.2, 0) is 0 Å². The Bertz CT molecular complexity index is 218. The molecule has 42 valence electrons. The number of hydrogen-bond donors (Lipinski definition) is 0. The highest BCUT2D eigenvalue weighted by atomic mass is 28.1. The molecule has 2 heteroatoms. The van der Waals surface area contributed by atoms with E-state index < -0.39 is 0 Å². The molecule has 0 bridgehead atoms. The summed E-state index contributed by atoms with van der Waals surface area (Å²) in [6, 6.07) is 6.10. The van der Waals surface area contributed by atoms with Gasteiger partial charge in [-0.3, -0.25) is 0 Å². The first-order chi connectivity index (χ1) is 4.20. The van der Waals surface area contributed by atoms with Crippen LogP contribution in [0.4, 0.5) is 0 Å². The first kappa shape index (κ1) is 6.77. The Morgan fingerprint density at radius 1 is 1.22 bits per heavy atom.